The Hall–Kier alpha value is 0.790. The van der Waals surface area contributed by atoms with Crippen LogP contribution in [0.15, 0.2) is 0 Å². The van der Waals surface area contributed by atoms with Crippen molar-refractivity contribution >= 4 is 42.3 Å². The Morgan fingerprint density at radius 2 is 1.85 bits per heavy atom. The van der Waals surface area contributed by atoms with Crippen molar-refractivity contribution in [1.29, 1.82) is 0 Å². The van der Waals surface area contributed by atoms with E-state index in [1.807, 2.05) is 0 Å². The second kappa shape index (κ2) is 9.35. The molecule has 1 unspecified atom stereocenters. The summed E-state index contributed by atoms with van der Waals surface area (Å²) in [6, 6.07) is 0. The minimum absolute atomic E-state index is 0.286. The lowest BCUT2D eigenvalue weighted by molar-refractivity contribution is 0.619. The number of hydrogen-bond donors (Lipinski definition) is 2. The summed E-state index contributed by atoms with van der Waals surface area (Å²) in [6.45, 7) is 2.23. The third-order valence-corrected chi connectivity index (χ3v) is 3.84. The Kier molecular flexibility index (Phi) is 9.92. The number of thiocarbonyl (C=S) groups is 1. The van der Waals surface area contributed by atoms with Gasteiger partial charge in [-0.1, -0.05) is 51.2 Å². The molecule has 0 bridgehead atoms. The van der Waals surface area contributed by atoms with Gasteiger partial charge in [-0.2, -0.15) is 25.3 Å². The van der Waals surface area contributed by atoms with Gasteiger partial charge in [-0.3, -0.25) is 0 Å². The second-order valence-corrected chi connectivity index (χ2v) is 4.81. The fourth-order valence-electron chi connectivity index (χ4n) is 1.21. The van der Waals surface area contributed by atoms with E-state index < -0.39 is 0 Å². The van der Waals surface area contributed by atoms with Gasteiger partial charge in [0.05, 0.1) is 0 Å². The molecule has 0 aliphatic carbocycles. The topological polar surface area (TPSA) is 0 Å². The normalized spacial score (nSPS) is 12.8. The van der Waals surface area contributed by atoms with Gasteiger partial charge in [-0.15, -0.1) is 0 Å². The molecule has 1 atom stereocenters. The quantitative estimate of drug-likeness (QED) is 0.366. The second-order valence-electron chi connectivity index (χ2n) is 3.34. The zero-order valence-corrected chi connectivity index (χ0v) is 10.9. The molecule has 0 saturated heterocycles. The Balaban J connectivity index is 3.26. The molecule has 0 aromatic carbocycles. The molecule has 0 saturated carbocycles. The van der Waals surface area contributed by atoms with Gasteiger partial charge in [0, 0.05) is 15.9 Å². The smallest absolute Gasteiger partial charge is 0.0339 e. The fourth-order valence-corrected chi connectivity index (χ4v) is 1.96. The predicted molar refractivity (Wildman–Crippen MR) is 72.6 cm³/mol. The maximum absolute atomic E-state index is 5.13. The van der Waals surface area contributed by atoms with Crippen LogP contribution in [0.3, 0.4) is 0 Å². The first-order chi connectivity index (χ1) is 6.22. The molecule has 0 aliphatic rings. The lowest BCUT2D eigenvalue weighted by Crippen LogP contribution is -2.13. The molecule has 0 aromatic rings. The molecule has 0 radical (unpaired) electrons. The van der Waals surface area contributed by atoms with E-state index in [0.29, 0.717) is 5.75 Å². The molecule has 0 fully saturated rings. The average molecular weight is 236 g/mol. The van der Waals surface area contributed by atoms with Gasteiger partial charge in [0.2, 0.25) is 0 Å². The van der Waals surface area contributed by atoms with Gasteiger partial charge in [-0.05, 0) is 6.42 Å². The van der Waals surface area contributed by atoms with Gasteiger partial charge in [0.25, 0.3) is 0 Å². The summed E-state index contributed by atoms with van der Waals surface area (Å²) in [5.41, 5.74) is 0. The molecule has 0 spiro atoms. The average Bonchev–Trinajstić information content (AvgIpc) is 2.16. The van der Waals surface area contributed by atoms with Crippen LogP contribution in [0.25, 0.3) is 0 Å². The van der Waals surface area contributed by atoms with Crippen LogP contribution in [0.1, 0.15) is 45.4 Å². The summed E-state index contributed by atoms with van der Waals surface area (Å²) in [6.07, 6.45) is 7.70. The van der Waals surface area contributed by atoms with E-state index in [1.54, 1.807) is 0 Å². The first kappa shape index (κ1) is 13.8. The molecule has 78 valence electrons. The van der Waals surface area contributed by atoms with E-state index in [1.165, 1.54) is 32.1 Å². The van der Waals surface area contributed by atoms with Crippen LogP contribution in [0, 0.1) is 0 Å². The molecule has 0 nitrogen and oxygen atoms in total. The monoisotopic (exact) mass is 236 g/mol. The van der Waals surface area contributed by atoms with Gasteiger partial charge in [0.15, 0.2) is 0 Å². The van der Waals surface area contributed by atoms with E-state index in [0.717, 1.165) is 11.3 Å². The molecule has 3 heteroatoms. The van der Waals surface area contributed by atoms with E-state index >= 15 is 0 Å². The molecule has 0 rings (SSSR count). The van der Waals surface area contributed by atoms with Crippen LogP contribution in [-0.2, 0) is 0 Å². The van der Waals surface area contributed by atoms with E-state index in [-0.39, 0.29) is 5.25 Å². The lowest BCUT2D eigenvalue weighted by Gasteiger charge is -2.09. The number of unbranched alkanes of at least 4 members (excludes halogenated alkanes) is 4. The van der Waals surface area contributed by atoms with Crippen LogP contribution >= 0.6 is 37.5 Å². The third-order valence-electron chi connectivity index (χ3n) is 2.11. The van der Waals surface area contributed by atoms with Crippen molar-refractivity contribution < 1.29 is 0 Å². The summed E-state index contributed by atoms with van der Waals surface area (Å²) in [7, 11) is 0. The highest BCUT2D eigenvalue weighted by Gasteiger charge is 2.06. The largest absolute Gasteiger partial charge is 0.174 e. The lowest BCUT2D eigenvalue weighted by atomic mass is 10.1. The molecule has 0 amide bonds. The van der Waals surface area contributed by atoms with E-state index in [2.05, 4.69) is 32.2 Å². The number of thiol groups is 2. The molecular formula is C10H20S3. The Bertz CT molecular complexity index is 134. The van der Waals surface area contributed by atoms with E-state index in [4.69, 9.17) is 12.2 Å². The first-order valence-corrected chi connectivity index (χ1v) is 6.59. The van der Waals surface area contributed by atoms with Gasteiger partial charge in [-0.25, -0.2) is 0 Å². The van der Waals surface area contributed by atoms with Crippen molar-refractivity contribution in [3.05, 3.63) is 0 Å². The molecule has 13 heavy (non-hydrogen) atoms. The maximum Gasteiger partial charge on any atom is 0.0339 e. The Labute approximate surface area is 98.7 Å². The van der Waals surface area contributed by atoms with Crippen LogP contribution in [0.4, 0.5) is 0 Å². The SMILES string of the molecule is CCCCCCCC(S)C(=S)CS. The number of rotatable bonds is 8. The Morgan fingerprint density at radius 3 is 2.38 bits per heavy atom. The maximum atomic E-state index is 5.13. The van der Waals surface area contributed by atoms with Crippen LogP contribution in [0.2, 0.25) is 0 Å². The van der Waals surface area contributed by atoms with Crippen molar-refractivity contribution in [1.82, 2.24) is 0 Å². The van der Waals surface area contributed by atoms with Gasteiger partial charge >= 0.3 is 0 Å². The zero-order valence-electron chi connectivity index (χ0n) is 8.33. The molecular weight excluding hydrogens is 216 g/mol. The van der Waals surface area contributed by atoms with Crippen molar-refractivity contribution in [2.75, 3.05) is 5.75 Å². The third kappa shape index (κ3) is 7.83. The zero-order chi connectivity index (χ0) is 10.1. The number of hydrogen-bond acceptors (Lipinski definition) is 3. The highest BCUT2D eigenvalue weighted by atomic mass is 32.1. The van der Waals surface area contributed by atoms with Crippen molar-refractivity contribution in [3.63, 3.8) is 0 Å². The summed E-state index contributed by atoms with van der Waals surface area (Å²) in [5.74, 6) is 0.693. The van der Waals surface area contributed by atoms with Crippen LogP contribution in [-0.4, -0.2) is 15.9 Å². The van der Waals surface area contributed by atoms with Crippen LogP contribution < -0.4 is 0 Å². The minimum Gasteiger partial charge on any atom is -0.174 e. The highest BCUT2D eigenvalue weighted by molar-refractivity contribution is 7.89. The minimum atomic E-state index is 0.286. The van der Waals surface area contributed by atoms with Crippen molar-refractivity contribution in [2.45, 2.75) is 50.7 Å². The summed E-state index contributed by atoms with van der Waals surface area (Å²) >= 11 is 13.7. The van der Waals surface area contributed by atoms with Crippen molar-refractivity contribution in [2.24, 2.45) is 0 Å². The van der Waals surface area contributed by atoms with Crippen molar-refractivity contribution in [3.8, 4) is 0 Å². The first-order valence-electron chi connectivity index (χ1n) is 5.04. The summed E-state index contributed by atoms with van der Waals surface area (Å²) < 4.78 is 0. The Morgan fingerprint density at radius 1 is 1.23 bits per heavy atom. The molecule has 0 heterocycles. The van der Waals surface area contributed by atoms with E-state index in [9.17, 15) is 0 Å². The summed E-state index contributed by atoms with van der Waals surface area (Å²) in [5, 5.41) is 0.286. The van der Waals surface area contributed by atoms with Gasteiger partial charge in [0.1, 0.15) is 0 Å². The van der Waals surface area contributed by atoms with Crippen LogP contribution in [0.5, 0.6) is 0 Å². The highest BCUT2D eigenvalue weighted by Crippen LogP contribution is 2.12. The fraction of sp³-hybridized carbons (Fsp3) is 0.900. The van der Waals surface area contributed by atoms with Gasteiger partial charge < -0.3 is 0 Å². The predicted octanol–water partition coefficient (Wildman–Crippen LogP) is 3.95. The molecule has 0 N–H and O–H groups in total. The molecule has 0 aromatic heterocycles. The standard InChI is InChI=1S/C10H20S3/c1-2-3-4-5-6-7-9(12)10(13)8-11/h9,11-12H,2-8H2,1H3. The summed E-state index contributed by atoms with van der Waals surface area (Å²) in [4.78, 5) is 0.988. The molecule has 0 aliphatic heterocycles.